The maximum absolute atomic E-state index is 13.6. The molecule has 1 aliphatic heterocycles. The van der Waals surface area contributed by atoms with Gasteiger partial charge in [0.1, 0.15) is 5.82 Å². The fourth-order valence-corrected chi connectivity index (χ4v) is 5.23. The van der Waals surface area contributed by atoms with Gasteiger partial charge in [0, 0.05) is 13.0 Å². The van der Waals surface area contributed by atoms with E-state index in [0.29, 0.717) is 9.87 Å². The van der Waals surface area contributed by atoms with Crippen molar-refractivity contribution in [1.29, 1.82) is 0 Å². The predicted octanol–water partition coefficient (Wildman–Crippen LogP) is 1.41. The van der Waals surface area contributed by atoms with Crippen LogP contribution in [-0.4, -0.2) is 35.0 Å². The lowest BCUT2D eigenvalue weighted by molar-refractivity contribution is -0.116. The molecule has 1 amide bonds. The molecule has 0 saturated carbocycles. The Morgan fingerprint density at radius 1 is 1.07 bits per heavy atom. The number of sulfonamides is 2. The number of amides is 1. The standard InChI is InChI=1S/C17H17FN2O5S2/c18-16-4-2-1-3-13(16)9-11-19-27(24,25)15-7-5-14(6-8-15)20-17(21)10-12-26(20,22)23/h1-8,19H,9-12H2. The fraction of sp³-hybridized carbons (Fsp3) is 0.235. The lowest BCUT2D eigenvalue weighted by Crippen LogP contribution is -2.29. The minimum absolute atomic E-state index is 0.00398. The Kier molecular flexibility index (Phi) is 5.31. The number of carbonyl (C=O) groups is 1. The number of hydrogen-bond donors (Lipinski definition) is 1. The lowest BCUT2D eigenvalue weighted by Gasteiger charge is -2.15. The van der Waals surface area contributed by atoms with E-state index in [2.05, 4.69) is 4.72 Å². The summed E-state index contributed by atoms with van der Waals surface area (Å²) < 4.78 is 65.1. The van der Waals surface area contributed by atoms with Gasteiger partial charge in [-0.3, -0.25) is 4.79 Å². The van der Waals surface area contributed by atoms with Crippen LogP contribution in [0.2, 0.25) is 0 Å². The summed E-state index contributed by atoms with van der Waals surface area (Å²) in [4.78, 5) is 11.7. The van der Waals surface area contributed by atoms with E-state index in [1.54, 1.807) is 18.2 Å². The third kappa shape index (κ3) is 4.18. The zero-order chi connectivity index (χ0) is 19.7. The van der Waals surface area contributed by atoms with Crippen molar-refractivity contribution in [3.63, 3.8) is 0 Å². The molecule has 0 aliphatic carbocycles. The Morgan fingerprint density at radius 2 is 1.74 bits per heavy atom. The molecule has 2 aromatic rings. The van der Waals surface area contributed by atoms with Gasteiger partial charge in [-0.2, -0.15) is 0 Å². The van der Waals surface area contributed by atoms with Crippen LogP contribution in [0.1, 0.15) is 12.0 Å². The molecule has 1 N–H and O–H groups in total. The van der Waals surface area contributed by atoms with Gasteiger partial charge in [-0.15, -0.1) is 0 Å². The van der Waals surface area contributed by atoms with Gasteiger partial charge in [0.15, 0.2) is 0 Å². The Hall–Kier alpha value is -2.30. The maximum atomic E-state index is 13.6. The minimum Gasteiger partial charge on any atom is -0.273 e. The first-order valence-electron chi connectivity index (χ1n) is 8.10. The molecule has 2 aromatic carbocycles. The van der Waals surface area contributed by atoms with Crippen LogP contribution in [0, 0.1) is 5.82 Å². The number of halogens is 1. The molecule has 144 valence electrons. The Balaban J connectivity index is 1.70. The van der Waals surface area contributed by atoms with E-state index in [-0.39, 0.29) is 35.7 Å². The predicted molar refractivity (Wildman–Crippen MR) is 97.6 cm³/mol. The fourth-order valence-electron chi connectivity index (χ4n) is 2.73. The van der Waals surface area contributed by atoms with Crippen LogP contribution in [-0.2, 0) is 31.3 Å². The quantitative estimate of drug-likeness (QED) is 0.773. The molecule has 1 heterocycles. The number of anilines is 1. The summed E-state index contributed by atoms with van der Waals surface area (Å²) in [5.41, 5.74) is 0.496. The molecule has 0 unspecified atom stereocenters. The molecule has 0 bridgehead atoms. The SMILES string of the molecule is O=C1CCS(=O)(=O)N1c1ccc(S(=O)(=O)NCCc2ccccc2F)cc1. The van der Waals surface area contributed by atoms with Gasteiger partial charge in [0.25, 0.3) is 0 Å². The summed E-state index contributed by atoms with van der Waals surface area (Å²) in [6.07, 6.45) is 0.0878. The lowest BCUT2D eigenvalue weighted by atomic mass is 10.1. The number of rotatable bonds is 6. The van der Waals surface area contributed by atoms with Crippen LogP contribution in [0.5, 0.6) is 0 Å². The highest BCUT2D eigenvalue weighted by molar-refractivity contribution is 7.94. The van der Waals surface area contributed by atoms with Crippen molar-refractivity contribution >= 4 is 31.6 Å². The highest BCUT2D eigenvalue weighted by Crippen LogP contribution is 2.26. The average molecular weight is 412 g/mol. The number of carbonyl (C=O) groups excluding carboxylic acids is 1. The van der Waals surface area contributed by atoms with Crippen molar-refractivity contribution in [3.05, 3.63) is 59.9 Å². The third-order valence-electron chi connectivity index (χ3n) is 4.10. The largest absolute Gasteiger partial charge is 0.273 e. The summed E-state index contributed by atoms with van der Waals surface area (Å²) >= 11 is 0. The molecule has 27 heavy (non-hydrogen) atoms. The van der Waals surface area contributed by atoms with E-state index in [9.17, 15) is 26.0 Å². The van der Waals surface area contributed by atoms with E-state index >= 15 is 0 Å². The second-order valence-corrected chi connectivity index (χ2v) is 9.66. The molecule has 1 saturated heterocycles. The molecule has 10 heteroatoms. The van der Waals surface area contributed by atoms with Crippen LogP contribution in [0.25, 0.3) is 0 Å². The van der Waals surface area contributed by atoms with Crippen molar-refractivity contribution < 1.29 is 26.0 Å². The molecule has 1 fully saturated rings. The Morgan fingerprint density at radius 3 is 2.33 bits per heavy atom. The van der Waals surface area contributed by atoms with Gasteiger partial charge in [-0.05, 0) is 42.3 Å². The van der Waals surface area contributed by atoms with Gasteiger partial charge in [0.05, 0.1) is 16.3 Å². The smallest absolute Gasteiger partial charge is 0.242 e. The molecule has 7 nitrogen and oxygen atoms in total. The Labute approximate surface area is 156 Å². The van der Waals surface area contributed by atoms with E-state index in [4.69, 9.17) is 0 Å². The first kappa shape index (κ1) is 19.5. The molecular weight excluding hydrogens is 395 g/mol. The normalized spacial score (nSPS) is 16.6. The van der Waals surface area contributed by atoms with E-state index in [1.807, 2.05) is 0 Å². The van der Waals surface area contributed by atoms with Crippen LogP contribution in [0.4, 0.5) is 10.1 Å². The van der Waals surface area contributed by atoms with Gasteiger partial charge in [0.2, 0.25) is 26.0 Å². The van der Waals surface area contributed by atoms with E-state index in [0.717, 1.165) is 0 Å². The number of nitrogens with zero attached hydrogens (tertiary/aromatic N) is 1. The average Bonchev–Trinajstić information content (AvgIpc) is 2.89. The Bertz CT molecular complexity index is 1070. The molecule has 3 rings (SSSR count). The maximum Gasteiger partial charge on any atom is 0.242 e. The van der Waals surface area contributed by atoms with Crippen LogP contribution in [0.15, 0.2) is 53.4 Å². The van der Waals surface area contributed by atoms with Crippen molar-refractivity contribution in [2.45, 2.75) is 17.7 Å². The van der Waals surface area contributed by atoms with E-state index < -0.39 is 31.8 Å². The highest BCUT2D eigenvalue weighted by Gasteiger charge is 2.36. The second kappa shape index (κ2) is 7.37. The topological polar surface area (TPSA) is 101 Å². The van der Waals surface area contributed by atoms with Gasteiger partial charge >= 0.3 is 0 Å². The minimum atomic E-state index is -3.85. The molecule has 0 spiro atoms. The van der Waals surface area contributed by atoms with Gasteiger partial charge < -0.3 is 0 Å². The molecule has 0 atom stereocenters. The second-order valence-electron chi connectivity index (χ2n) is 5.96. The zero-order valence-corrected chi connectivity index (χ0v) is 15.8. The number of hydrogen-bond acceptors (Lipinski definition) is 5. The molecule has 1 aliphatic rings. The monoisotopic (exact) mass is 412 g/mol. The molecule has 0 radical (unpaired) electrons. The van der Waals surface area contributed by atoms with Crippen molar-refractivity contribution in [2.24, 2.45) is 0 Å². The zero-order valence-electron chi connectivity index (χ0n) is 14.1. The van der Waals surface area contributed by atoms with Crippen molar-refractivity contribution in [3.8, 4) is 0 Å². The number of benzene rings is 2. The first-order valence-corrected chi connectivity index (χ1v) is 11.2. The van der Waals surface area contributed by atoms with Crippen LogP contribution < -0.4 is 9.03 Å². The van der Waals surface area contributed by atoms with Crippen molar-refractivity contribution in [1.82, 2.24) is 4.72 Å². The highest BCUT2D eigenvalue weighted by atomic mass is 32.2. The molecular formula is C17H17FN2O5S2. The number of nitrogens with one attached hydrogen (secondary N) is 1. The summed E-state index contributed by atoms with van der Waals surface area (Å²) in [5, 5.41) is 0. The van der Waals surface area contributed by atoms with Gasteiger partial charge in [-0.25, -0.2) is 30.3 Å². The summed E-state index contributed by atoms with van der Waals surface area (Å²) in [7, 11) is -7.55. The summed E-state index contributed by atoms with van der Waals surface area (Å²) in [5.74, 6) is -1.21. The van der Waals surface area contributed by atoms with Gasteiger partial charge in [-0.1, -0.05) is 18.2 Å². The summed E-state index contributed by atoms with van der Waals surface area (Å²) in [6.45, 7) is 0.00398. The van der Waals surface area contributed by atoms with Crippen LogP contribution >= 0.6 is 0 Å². The third-order valence-corrected chi connectivity index (χ3v) is 7.27. The van der Waals surface area contributed by atoms with E-state index in [1.165, 1.54) is 30.3 Å². The first-order chi connectivity index (χ1) is 12.7. The van der Waals surface area contributed by atoms with Crippen LogP contribution in [0.3, 0.4) is 0 Å². The summed E-state index contributed by atoms with van der Waals surface area (Å²) in [6, 6.07) is 11.1. The molecule has 0 aromatic heterocycles. The van der Waals surface area contributed by atoms with Crippen molar-refractivity contribution in [2.75, 3.05) is 16.6 Å².